The summed E-state index contributed by atoms with van der Waals surface area (Å²) in [6.07, 6.45) is 0. The lowest BCUT2D eigenvalue weighted by Crippen LogP contribution is -1.90. The minimum absolute atomic E-state index is 0.160. The first-order valence-corrected chi connectivity index (χ1v) is 9.18. The molecular weight excluding hydrogens is 433 g/mol. The van der Waals surface area contributed by atoms with Gasteiger partial charge in [-0.3, -0.25) is 0 Å². The minimum Gasteiger partial charge on any atom is -0.507 e. The van der Waals surface area contributed by atoms with Crippen LogP contribution in [0.25, 0.3) is 33.3 Å². The van der Waals surface area contributed by atoms with Crippen molar-refractivity contribution in [3.05, 3.63) is 76.0 Å². The van der Waals surface area contributed by atoms with Gasteiger partial charge < -0.3 is 10.2 Å². The van der Waals surface area contributed by atoms with Gasteiger partial charge in [0.2, 0.25) is 0 Å². The van der Waals surface area contributed by atoms with Gasteiger partial charge in [0.25, 0.3) is 0 Å². The molecule has 0 saturated heterocycles. The zero-order valence-corrected chi connectivity index (χ0v) is 16.1. The maximum atomic E-state index is 13.7. The molecule has 0 fully saturated rings. The van der Waals surface area contributed by atoms with Crippen molar-refractivity contribution in [2.24, 2.45) is 0 Å². The second-order valence-electron chi connectivity index (χ2n) is 6.03. The fourth-order valence-electron chi connectivity index (χ4n) is 2.93. The maximum Gasteiger partial charge on any atom is 0.165 e. The summed E-state index contributed by atoms with van der Waals surface area (Å²) in [5.41, 5.74) is 3.02. The Labute approximate surface area is 167 Å². The highest BCUT2D eigenvalue weighted by Crippen LogP contribution is 2.38. The first-order valence-electron chi connectivity index (χ1n) is 8.01. The van der Waals surface area contributed by atoms with Crippen molar-refractivity contribution in [3.8, 4) is 33.9 Å². The summed E-state index contributed by atoms with van der Waals surface area (Å²) in [6.45, 7) is 0. The number of rotatable bonds is 2. The number of hydrogen-bond donors (Lipinski definition) is 2. The van der Waals surface area contributed by atoms with Crippen LogP contribution in [0.2, 0.25) is 5.02 Å². The van der Waals surface area contributed by atoms with Gasteiger partial charge in [-0.25, -0.2) is 9.37 Å². The van der Waals surface area contributed by atoms with Crippen molar-refractivity contribution < 1.29 is 14.6 Å². The van der Waals surface area contributed by atoms with Crippen molar-refractivity contribution in [3.63, 3.8) is 0 Å². The van der Waals surface area contributed by atoms with Crippen LogP contribution in [-0.2, 0) is 0 Å². The molecule has 4 aromatic rings. The van der Waals surface area contributed by atoms with E-state index in [9.17, 15) is 14.6 Å². The molecule has 0 saturated carbocycles. The Morgan fingerprint density at radius 3 is 2.41 bits per heavy atom. The van der Waals surface area contributed by atoms with Crippen molar-refractivity contribution in [1.82, 2.24) is 4.98 Å². The van der Waals surface area contributed by atoms with Gasteiger partial charge in [-0.05, 0) is 48.0 Å². The summed E-state index contributed by atoms with van der Waals surface area (Å²) in [4.78, 5) is 4.56. The SMILES string of the molecule is Oc1ccc(-c2cc(Br)c3cc(-c4ccccc4O)cc(Cl)c3n2)cc1F. The highest BCUT2D eigenvalue weighted by Gasteiger charge is 2.14. The van der Waals surface area contributed by atoms with Gasteiger partial charge in [0.15, 0.2) is 11.6 Å². The van der Waals surface area contributed by atoms with E-state index in [1.807, 2.05) is 18.2 Å². The third-order valence-electron chi connectivity index (χ3n) is 4.27. The van der Waals surface area contributed by atoms with E-state index in [1.54, 1.807) is 30.3 Å². The highest BCUT2D eigenvalue weighted by molar-refractivity contribution is 9.10. The van der Waals surface area contributed by atoms with Gasteiger partial charge in [0, 0.05) is 21.0 Å². The molecule has 0 atom stereocenters. The second kappa shape index (κ2) is 6.83. The van der Waals surface area contributed by atoms with Crippen LogP contribution in [0.3, 0.4) is 0 Å². The van der Waals surface area contributed by atoms with Crippen LogP contribution in [0, 0.1) is 5.82 Å². The smallest absolute Gasteiger partial charge is 0.165 e. The molecule has 3 nitrogen and oxygen atoms in total. The van der Waals surface area contributed by atoms with Crippen molar-refractivity contribution >= 4 is 38.4 Å². The van der Waals surface area contributed by atoms with Crippen molar-refractivity contribution in [2.75, 3.05) is 0 Å². The van der Waals surface area contributed by atoms with E-state index in [4.69, 9.17) is 11.6 Å². The van der Waals surface area contributed by atoms with Crippen molar-refractivity contribution in [2.45, 2.75) is 0 Å². The number of hydrogen-bond acceptors (Lipinski definition) is 3. The number of phenolic OH excluding ortho intramolecular Hbond substituents is 2. The van der Waals surface area contributed by atoms with Crippen molar-refractivity contribution in [1.29, 1.82) is 0 Å². The van der Waals surface area contributed by atoms with Crippen LogP contribution in [0.1, 0.15) is 0 Å². The van der Waals surface area contributed by atoms with Crippen LogP contribution in [0.4, 0.5) is 4.39 Å². The number of halogens is 3. The summed E-state index contributed by atoms with van der Waals surface area (Å²) in [5, 5.41) is 20.7. The fourth-order valence-corrected chi connectivity index (χ4v) is 3.71. The van der Waals surface area contributed by atoms with Gasteiger partial charge in [-0.15, -0.1) is 0 Å². The van der Waals surface area contributed by atoms with Gasteiger partial charge in [0.05, 0.1) is 16.2 Å². The van der Waals surface area contributed by atoms with E-state index < -0.39 is 11.6 Å². The van der Waals surface area contributed by atoms with Gasteiger partial charge in [-0.1, -0.05) is 45.7 Å². The summed E-state index contributed by atoms with van der Waals surface area (Å²) < 4.78 is 14.4. The van der Waals surface area contributed by atoms with E-state index >= 15 is 0 Å². The third-order valence-corrected chi connectivity index (χ3v) is 5.22. The standard InChI is InChI=1S/C21H12BrClFNO2/c22-15-10-18(11-5-6-20(27)17(24)9-11)25-21-14(15)7-12(8-16(21)23)13-3-1-2-4-19(13)26/h1-10,26-27H. The monoisotopic (exact) mass is 443 g/mol. The Morgan fingerprint density at radius 2 is 1.67 bits per heavy atom. The number of phenols is 2. The Morgan fingerprint density at radius 1 is 0.889 bits per heavy atom. The summed E-state index contributed by atoms with van der Waals surface area (Å²) in [5.74, 6) is -0.969. The number of nitrogens with zero attached hydrogens (tertiary/aromatic N) is 1. The number of benzene rings is 3. The molecule has 0 aliphatic rings. The molecular formula is C21H12BrClFNO2. The summed E-state index contributed by atoms with van der Waals surface area (Å²) in [6, 6.07) is 16.5. The van der Waals surface area contributed by atoms with Crippen LogP contribution in [0.5, 0.6) is 11.5 Å². The molecule has 2 N–H and O–H groups in total. The van der Waals surface area contributed by atoms with E-state index in [-0.39, 0.29) is 5.75 Å². The fraction of sp³-hybridized carbons (Fsp3) is 0. The molecule has 1 aromatic heterocycles. The van der Waals surface area contributed by atoms with E-state index in [2.05, 4.69) is 20.9 Å². The zero-order valence-electron chi connectivity index (χ0n) is 13.7. The number of pyridine rings is 1. The molecule has 0 amide bonds. The lowest BCUT2D eigenvalue weighted by molar-refractivity contribution is 0.432. The Bertz CT molecular complexity index is 1200. The Hall–Kier alpha value is -2.63. The molecule has 0 unspecified atom stereocenters. The number of aromatic hydroxyl groups is 2. The second-order valence-corrected chi connectivity index (χ2v) is 7.29. The predicted octanol–water partition coefficient (Wildman–Crippen LogP) is 6.54. The average molecular weight is 445 g/mol. The maximum absolute atomic E-state index is 13.7. The van der Waals surface area contributed by atoms with Crippen LogP contribution >= 0.6 is 27.5 Å². The third kappa shape index (κ3) is 3.24. The van der Waals surface area contributed by atoms with Crippen LogP contribution < -0.4 is 0 Å². The predicted molar refractivity (Wildman–Crippen MR) is 109 cm³/mol. The minimum atomic E-state index is -0.716. The lowest BCUT2D eigenvalue weighted by Gasteiger charge is -2.11. The van der Waals surface area contributed by atoms with Gasteiger partial charge in [-0.2, -0.15) is 0 Å². The number of fused-ring (bicyclic) bond motifs is 1. The molecule has 1 heterocycles. The molecule has 0 bridgehead atoms. The molecule has 6 heteroatoms. The normalized spacial score (nSPS) is 11.1. The largest absolute Gasteiger partial charge is 0.507 e. The van der Waals surface area contributed by atoms with Gasteiger partial charge in [0.1, 0.15) is 5.75 Å². The van der Waals surface area contributed by atoms with Crippen LogP contribution in [0.15, 0.2) is 65.1 Å². The Kier molecular flexibility index (Phi) is 4.50. The van der Waals surface area contributed by atoms with E-state index in [0.29, 0.717) is 27.4 Å². The first-order chi connectivity index (χ1) is 12.9. The first kappa shape index (κ1) is 17.8. The number of para-hydroxylation sites is 1. The van der Waals surface area contributed by atoms with E-state index in [1.165, 1.54) is 12.1 Å². The highest BCUT2D eigenvalue weighted by atomic mass is 79.9. The zero-order chi connectivity index (χ0) is 19.1. The topological polar surface area (TPSA) is 53.4 Å². The molecule has 0 aliphatic heterocycles. The molecule has 0 radical (unpaired) electrons. The molecule has 3 aromatic carbocycles. The molecule has 134 valence electrons. The Balaban J connectivity index is 1.91. The molecule has 0 spiro atoms. The lowest BCUT2D eigenvalue weighted by atomic mass is 10.0. The van der Waals surface area contributed by atoms with E-state index in [0.717, 1.165) is 15.4 Å². The average Bonchev–Trinajstić information content (AvgIpc) is 2.65. The number of aromatic nitrogens is 1. The quantitative estimate of drug-likeness (QED) is 0.369. The molecule has 0 aliphatic carbocycles. The van der Waals surface area contributed by atoms with Gasteiger partial charge >= 0.3 is 0 Å². The van der Waals surface area contributed by atoms with Crippen LogP contribution in [-0.4, -0.2) is 15.2 Å². The molecule has 27 heavy (non-hydrogen) atoms. The summed E-state index contributed by atoms with van der Waals surface area (Å²) >= 11 is 10.0. The molecule has 4 rings (SSSR count). The summed E-state index contributed by atoms with van der Waals surface area (Å²) in [7, 11) is 0.